The minimum atomic E-state index is -0.101. The molecule has 1 saturated carbocycles. The summed E-state index contributed by atoms with van der Waals surface area (Å²) in [6, 6.07) is 7.92. The Morgan fingerprint density at radius 3 is 2.17 bits per heavy atom. The summed E-state index contributed by atoms with van der Waals surface area (Å²) in [4.78, 5) is 28.6. The van der Waals surface area contributed by atoms with Gasteiger partial charge in [0.15, 0.2) is 0 Å². The molecule has 1 aromatic carbocycles. The summed E-state index contributed by atoms with van der Waals surface area (Å²) >= 11 is 0. The topological polar surface area (TPSA) is 49.9 Å². The van der Waals surface area contributed by atoms with Gasteiger partial charge in [0.1, 0.15) is 12.4 Å². The molecule has 0 radical (unpaired) electrons. The van der Waals surface area contributed by atoms with Crippen LogP contribution >= 0.6 is 0 Å². The summed E-state index contributed by atoms with van der Waals surface area (Å²) in [5, 5.41) is 0. The van der Waals surface area contributed by atoms with E-state index in [1.807, 2.05) is 34.1 Å². The van der Waals surface area contributed by atoms with Gasteiger partial charge in [0.2, 0.25) is 11.8 Å². The monoisotopic (exact) mass is 314 g/mol. The van der Waals surface area contributed by atoms with E-state index in [9.17, 15) is 9.59 Å². The van der Waals surface area contributed by atoms with E-state index in [2.05, 4.69) is 0 Å². The number of hydrogen-bond donors (Lipinski definition) is 0. The van der Waals surface area contributed by atoms with Crippen molar-refractivity contribution in [3.63, 3.8) is 0 Å². The van der Waals surface area contributed by atoms with Gasteiger partial charge < -0.3 is 14.5 Å². The van der Waals surface area contributed by atoms with Gasteiger partial charge in [-0.15, -0.1) is 0 Å². The summed E-state index contributed by atoms with van der Waals surface area (Å²) in [5.74, 6) is 1.51. The van der Waals surface area contributed by atoms with Crippen LogP contribution in [-0.4, -0.2) is 54.4 Å². The van der Waals surface area contributed by atoms with Crippen molar-refractivity contribution in [3.05, 3.63) is 29.8 Å². The lowest BCUT2D eigenvalue weighted by Crippen LogP contribution is -2.53. The van der Waals surface area contributed by atoms with E-state index >= 15 is 0 Å². The number of benzene rings is 1. The zero-order chi connectivity index (χ0) is 15.8. The SMILES string of the molecule is O=C(C1CC1)N1CCN(C(=O)[C@H]2COc3ccccc3C2)CC1. The van der Waals surface area contributed by atoms with Crippen molar-refractivity contribution in [2.75, 3.05) is 32.8 Å². The normalized spacial score (nSPS) is 23.9. The highest BCUT2D eigenvalue weighted by Crippen LogP contribution is 2.31. The van der Waals surface area contributed by atoms with Crippen LogP contribution in [0.2, 0.25) is 0 Å². The Morgan fingerprint density at radius 1 is 0.913 bits per heavy atom. The zero-order valence-corrected chi connectivity index (χ0v) is 13.2. The Morgan fingerprint density at radius 2 is 1.52 bits per heavy atom. The third-order valence-electron chi connectivity index (χ3n) is 5.06. The molecule has 5 heteroatoms. The molecule has 122 valence electrons. The molecule has 23 heavy (non-hydrogen) atoms. The number of piperazine rings is 1. The van der Waals surface area contributed by atoms with Crippen molar-refractivity contribution < 1.29 is 14.3 Å². The number of rotatable bonds is 2. The summed E-state index contributed by atoms with van der Waals surface area (Å²) in [6.45, 7) is 3.10. The number of carbonyl (C=O) groups is 2. The number of hydrogen-bond acceptors (Lipinski definition) is 3. The second-order valence-corrected chi connectivity index (χ2v) is 6.74. The van der Waals surface area contributed by atoms with Gasteiger partial charge in [0.25, 0.3) is 0 Å². The molecule has 0 unspecified atom stereocenters. The van der Waals surface area contributed by atoms with Crippen molar-refractivity contribution in [1.29, 1.82) is 0 Å². The first-order chi connectivity index (χ1) is 11.2. The quantitative estimate of drug-likeness (QED) is 0.827. The van der Waals surface area contributed by atoms with E-state index in [4.69, 9.17) is 4.74 Å². The van der Waals surface area contributed by atoms with E-state index in [1.165, 1.54) is 0 Å². The van der Waals surface area contributed by atoms with Gasteiger partial charge in [0.05, 0.1) is 5.92 Å². The second-order valence-electron chi connectivity index (χ2n) is 6.74. The van der Waals surface area contributed by atoms with Crippen molar-refractivity contribution >= 4 is 11.8 Å². The predicted octanol–water partition coefficient (Wildman–Crippen LogP) is 1.32. The van der Waals surface area contributed by atoms with Crippen LogP contribution in [0.1, 0.15) is 18.4 Å². The highest BCUT2D eigenvalue weighted by Gasteiger charge is 2.36. The lowest BCUT2D eigenvalue weighted by molar-refractivity contribution is -0.143. The number of nitrogens with zero attached hydrogens (tertiary/aromatic N) is 2. The van der Waals surface area contributed by atoms with E-state index in [0.29, 0.717) is 32.8 Å². The summed E-state index contributed by atoms with van der Waals surface area (Å²) in [6.07, 6.45) is 2.82. The number of fused-ring (bicyclic) bond motifs is 1. The highest BCUT2D eigenvalue weighted by atomic mass is 16.5. The molecule has 2 aliphatic heterocycles. The molecule has 0 aromatic heterocycles. The Hall–Kier alpha value is -2.04. The Kier molecular flexibility index (Phi) is 3.71. The maximum atomic E-state index is 12.7. The molecule has 2 heterocycles. The third kappa shape index (κ3) is 2.92. The van der Waals surface area contributed by atoms with Crippen LogP contribution in [-0.2, 0) is 16.0 Å². The smallest absolute Gasteiger partial charge is 0.229 e. The largest absolute Gasteiger partial charge is 0.492 e. The first kappa shape index (κ1) is 14.5. The Labute approximate surface area is 136 Å². The molecule has 4 rings (SSSR count). The van der Waals surface area contributed by atoms with Crippen LogP contribution in [0.5, 0.6) is 5.75 Å². The van der Waals surface area contributed by atoms with Crippen molar-refractivity contribution in [1.82, 2.24) is 9.80 Å². The third-order valence-corrected chi connectivity index (χ3v) is 5.06. The van der Waals surface area contributed by atoms with Crippen molar-refractivity contribution in [2.45, 2.75) is 19.3 Å². The van der Waals surface area contributed by atoms with Crippen LogP contribution in [0.4, 0.5) is 0 Å². The lowest BCUT2D eigenvalue weighted by atomic mass is 9.95. The van der Waals surface area contributed by atoms with E-state index in [1.54, 1.807) is 0 Å². The highest BCUT2D eigenvalue weighted by molar-refractivity contribution is 5.82. The van der Waals surface area contributed by atoms with Gasteiger partial charge >= 0.3 is 0 Å². The molecule has 0 N–H and O–H groups in total. The fourth-order valence-electron chi connectivity index (χ4n) is 3.48. The average Bonchev–Trinajstić information content (AvgIpc) is 3.45. The standard InChI is InChI=1S/C18H22N2O3/c21-17(13-5-6-13)19-7-9-20(10-8-19)18(22)15-11-14-3-1-2-4-16(14)23-12-15/h1-4,13,15H,5-12H2/t15-/m1/s1. The van der Waals surface area contributed by atoms with Gasteiger partial charge in [0, 0.05) is 32.1 Å². The maximum absolute atomic E-state index is 12.7. The van der Waals surface area contributed by atoms with E-state index in [-0.39, 0.29) is 23.7 Å². The van der Waals surface area contributed by atoms with Crippen LogP contribution in [0, 0.1) is 11.8 Å². The fraction of sp³-hybridized carbons (Fsp3) is 0.556. The first-order valence-corrected chi connectivity index (χ1v) is 8.50. The van der Waals surface area contributed by atoms with Crippen LogP contribution in [0.25, 0.3) is 0 Å². The van der Waals surface area contributed by atoms with Crippen molar-refractivity contribution in [2.24, 2.45) is 11.8 Å². The van der Waals surface area contributed by atoms with Gasteiger partial charge in [-0.2, -0.15) is 0 Å². The molecule has 1 aliphatic carbocycles. The number of amides is 2. The lowest BCUT2D eigenvalue weighted by Gasteiger charge is -2.37. The van der Waals surface area contributed by atoms with Crippen molar-refractivity contribution in [3.8, 4) is 5.75 Å². The fourth-order valence-corrected chi connectivity index (χ4v) is 3.48. The molecule has 2 fully saturated rings. The molecule has 0 spiro atoms. The molecule has 0 bridgehead atoms. The molecule has 1 atom stereocenters. The van der Waals surface area contributed by atoms with Gasteiger partial charge in [-0.25, -0.2) is 0 Å². The van der Waals surface area contributed by atoms with Gasteiger partial charge in [-0.1, -0.05) is 18.2 Å². The summed E-state index contributed by atoms with van der Waals surface area (Å²) in [7, 11) is 0. The van der Waals surface area contributed by atoms with Crippen LogP contribution in [0.3, 0.4) is 0 Å². The number of carbonyl (C=O) groups excluding carboxylic acids is 2. The minimum Gasteiger partial charge on any atom is -0.492 e. The molecule has 1 aromatic rings. The Balaban J connectivity index is 1.34. The maximum Gasteiger partial charge on any atom is 0.229 e. The number of para-hydroxylation sites is 1. The Bertz CT molecular complexity index is 618. The number of ether oxygens (including phenoxy) is 1. The van der Waals surface area contributed by atoms with E-state index in [0.717, 1.165) is 30.6 Å². The first-order valence-electron chi connectivity index (χ1n) is 8.50. The summed E-state index contributed by atoms with van der Waals surface area (Å²) in [5.41, 5.74) is 1.11. The molecule has 5 nitrogen and oxygen atoms in total. The van der Waals surface area contributed by atoms with Gasteiger partial charge in [-0.3, -0.25) is 9.59 Å². The van der Waals surface area contributed by atoms with Gasteiger partial charge in [-0.05, 0) is 30.9 Å². The summed E-state index contributed by atoms with van der Waals surface area (Å²) < 4.78 is 5.74. The van der Waals surface area contributed by atoms with Crippen LogP contribution < -0.4 is 4.74 Å². The predicted molar refractivity (Wildman–Crippen MR) is 85.0 cm³/mol. The second kappa shape index (κ2) is 5.87. The average molecular weight is 314 g/mol. The molecule has 1 saturated heterocycles. The zero-order valence-electron chi connectivity index (χ0n) is 13.2. The molecular weight excluding hydrogens is 292 g/mol. The van der Waals surface area contributed by atoms with E-state index < -0.39 is 0 Å². The minimum absolute atomic E-state index is 0.101. The molecule has 2 amide bonds. The molecular formula is C18H22N2O3. The van der Waals surface area contributed by atoms with Crippen LogP contribution in [0.15, 0.2) is 24.3 Å². The molecule has 3 aliphatic rings.